The summed E-state index contributed by atoms with van der Waals surface area (Å²) in [6.07, 6.45) is 1.54. The molecule has 104 valence electrons. The minimum absolute atomic E-state index is 0.155. The molecule has 0 fully saturated rings. The van der Waals surface area contributed by atoms with Gasteiger partial charge in [0, 0.05) is 5.02 Å². The highest BCUT2D eigenvalue weighted by Crippen LogP contribution is 2.27. The molecule has 2 rings (SSSR count). The van der Waals surface area contributed by atoms with E-state index in [0.717, 1.165) is 0 Å². The third kappa shape index (κ3) is 4.37. The van der Waals surface area contributed by atoms with Gasteiger partial charge in [-0.25, -0.2) is 4.98 Å². The van der Waals surface area contributed by atoms with Crippen LogP contribution in [0.3, 0.4) is 0 Å². The van der Waals surface area contributed by atoms with E-state index >= 15 is 0 Å². The quantitative estimate of drug-likeness (QED) is 0.816. The van der Waals surface area contributed by atoms with Gasteiger partial charge in [0.1, 0.15) is 10.4 Å². The molecule has 0 spiro atoms. The highest BCUT2D eigenvalue weighted by atomic mass is 79.9. The summed E-state index contributed by atoms with van der Waals surface area (Å²) in [5.41, 5.74) is 0.587. The van der Waals surface area contributed by atoms with E-state index in [1.807, 2.05) is 0 Å². The Bertz CT molecular complexity index is 620. The summed E-state index contributed by atoms with van der Waals surface area (Å²) in [5, 5.41) is 3.52. The average Bonchev–Trinajstić information content (AvgIpc) is 2.40. The topological polar surface area (TPSA) is 51.2 Å². The number of hydrogen-bond donors (Lipinski definition) is 1. The third-order valence-electron chi connectivity index (χ3n) is 2.26. The van der Waals surface area contributed by atoms with E-state index in [1.54, 1.807) is 30.3 Å². The summed E-state index contributed by atoms with van der Waals surface area (Å²) in [6, 6.07) is 8.25. The van der Waals surface area contributed by atoms with Crippen LogP contribution < -0.4 is 10.1 Å². The lowest BCUT2D eigenvalue weighted by molar-refractivity contribution is -0.118. The van der Waals surface area contributed by atoms with Crippen LogP contribution in [0, 0.1) is 0 Å². The van der Waals surface area contributed by atoms with Gasteiger partial charge in [0.05, 0.1) is 16.9 Å². The number of halogens is 3. The molecule has 1 heterocycles. The zero-order valence-corrected chi connectivity index (χ0v) is 13.2. The van der Waals surface area contributed by atoms with Crippen molar-refractivity contribution in [1.82, 2.24) is 4.98 Å². The number of nitrogens with one attached hydrogen (secondary N) is 1. The number of rotatable bonds is 4. The summed E-state index contributed by atoms with van der Waals surface area (Å²) in [5.74, 6) is 0.0975. The van der Waals surface area contributed by atoms with E-state index in [1.165, 1.54) is 6.20 Å². The molecule has 0 atom stereocenters. The molecule has 1 N–H and O–H groups in total. The normalized spacial score (nSPS) is 10.2. The van der Waals surface area contributed by atoms with E-state index < -0.39 is 0 Å². The van der Waals surface area contributed by atoms with Crippen LogP contribution in [0.2, 0.25) is 10.0 Å². The number of nitrogens with zero attached hydrogens (tertiary/aromatic N) is 1. The molecular formula is C13H9BrCl2N2O2. The molecule has 0 aliphatic rings. The first kappa shape index (κ1) is 15.1. The Labute approximate surface area is 134 Å². The standard InChI is InChI=1S/C13H9BrCl2N2O2/c14-12-4-2-9(6-17-12)18-13(19)7-20-11-3-1-8(15)5-10(11)16/h1-6H,7H2,(H,18,19). The molecule has 1 aromatic heterocycles. The maximum Gasteiger partial charge on any atom is 0.262 e. The second-order valence-electron chi connectivity index (χ2n) is 3.78. The molecular weight excluding hydrogens is 367 g/mol. The Hall–Kier alpha value is -1.30. The first-order valence-corrected chi connectivity index (χ1v) is 7.09. The summed E-state index contributed by atoms with van der Waals surface area (Å²) in [4.78, 5) is 15.7. The molecule has 4 nitrogen and oxygen atoms in total. The Balaban J connectivity index is 1.90. The molecule has 0 bridgehead atoms. The lowest BCUT2D eigenvalue weighted by Gasteiger charge is -2.08. The maximum atomic E-state index is 11.7. The third-order valence-corrected chi connectivity index (χ3v) is 3.26. The van der Waals surface area contributed by atoms with Crippen LogP contribution in [0.4, 0.5) is 5.69 Å². The Morgan fingerprint density at radius 3 is 2.75 bits per heavy atom. The van der Waals surface area contributed by atoms with Crippen molar-refractivity contribution in [2.45, 2.75) is 0 Å². The molecule has 0 saturated carbocycles. The van der Waals surface area contributed by atoms with Crippen LogP contribution in [0.25, 0.3) is 0 Å². The smallest absolute Gasteiger partial charge is 0.262 e. The molecule has 7 heteroatoms. The number of benzene rings is 1. The van der Waals surface area contributed by atoms with Gasteiger partial charge in [0.25, 0.3) is 5.91 Å². The van der Waals surface area contributed by atoms with Crippen LogP contribution in [-0.4, -0.2) is 17.5 Å². The van der Waals surface area contributed by atoms with Crippen LogP contribution >= 0.6 is 39.1 Å². The van der Waals surface area contributed by atoms with E-state index in [2.05, 4.69) is 26.2 Å². The SMILES string of the molecule is O=C(COc1ccc(Cl)cc1Cl)Nc1ccc(Br)nc1. The molecule has 1 amide bonds. The van der Waals surface area contributed by atoms with Crippen LogP contribution in [0.15, 0.2) is 41.1 Å². The van der Waals surface area contributed by atoms with Gasteiger partial charge in [0.2, 0.25) is 0 Å². The maximum absolute atomic E-state index is 11.7. The molecule has 20 heavy (non-hydrogen) atoms. The molecule has 0 aliphatic carbocycles. The van der Waals surface area contributed by atoms with E-state index in [0.29, 0.717) is 26.1 Å². The number of aromatic nitrogens is 1. The predicted octanol–water partition coefficient (Wildman–Crippen LogP) is 4.17. The largest absolute Gasteiger partial charge is 0.482 e. The Kier molecular flexibility index (Phi) is 5.23. The van der Waals surface area contributed by atoms with E-state index in [-0.39, 0.29) is 12.5 Å². The minimum atomic E-state index is -0.305. The number of carbonyl (C=O) groups is 1. The highest BCUT2D eigenvalue weighted by molar-refractivity contribution is 9.10. The van der Waals surface area contributed by atoms with Gasteiger partial charge < -0.3 is 10.1 Å². The summed E-state index contributed by atoms with van der Waals surface area (Å²) < 4.78 is 6.01. The predicted molar refractivity (Wildman–Crippen MR) is 82.5 cm³/mol. The average molecular weight is 376 g/mol. The van der Waals surface area contributed by atoms with Gasteiger partial charge in [-0.15, -0.1) is 0 Å². The van der Waals surface area contributed by atoms with Crippen molar-refractivity contribution in [3.63, 3.8) is 0 Å². The van der Waals surface area contributed by atoms with Crippen molar-refractivity contribution < 1.29 is 9.53 Å². The highest BCUT2D eigenvalue weighted by Gasteiger charge is 2.07. The second-order valence-corrected chi connectivity index (χ2v) is 5.44. The van der Waals surface area contributed by atoms with Crippen molar-refractivity contribution in [1.29, 1.82) is 0 Å². The van der Waals surface area contributed by atoms with E-state index in [9.17, 15) is 4.79 Å². The first-order valence-electron chi connectivity index (χ1n) is 5.54. The van der Waals surface area contributed by atoms with Crippen LogP contribution in [0.5, 0.6) is 5.75 Å². The summed E-state index contributed by atoms with van der Waals surface area (Å²) >= 11 is 14.9. The van der Waals surface area contributed by atoms with Gasteiger partial charge in [-0.2, -0.15) is 0 Å². The number of anilines is 1. The molecule has 0 radical (unpaired) electrons. The Morgan fingerprint density at radius 2 is 2.10 bits per heavy atom. The van der Waals surface area contributed by atoms with Gasteiger partial charge in [-0.3, -0.25) is 4.79 Å². The van der Waals surface area contributed by atoms with Gasteiger partial charge >= 0.3 is 0 Å². The number of ether oxygens (including phenoxy) is 1. The molecule has 2 aromatic rings. The first-order chi connectivity index (χ1) is 9.54. The fourth-order valence-electron chi connectivity index (χ4n) is 1.38. The zero-order valence-electron chi connectivity index (χ0n) is 10.1. The lowest BCUT2D eigenvalue weighted by Crippen LogP contribution is -2.20. The van der Waals surface area contributed by atoms with Crippen molar-refractivity contribution >= 4 is 50.7 Å². The van der Waals surface area contributed by atoms with Crippen LogP contribution in [-0.2, 0) is 4.79 Å². The zero-order chi connectivity index (χ0) is 14.5. The van der Waals surface area contributed by atoms with Gasteiger partial charge in [0.15, 0.2) is 6.61 Å². The Morgan fingerprint density at radius 1 is 1.30 bits per heavy atom. The molecule has 0 saturated heterocycles. The van der Waals surface area contributed by atoms with Crippen LogP contribution in [0.1, 0.15) is 0 Å². The second kappa shape index (κ2) is 6.92. The van der Waals surface area contributed by atoms with Gasteiger partial charge in [-0.1, -0.05) is 23.2 Å². The lowest BCUT2D eigenvalue weighted by atomic mass is 10.3. The van der Waals surface area contributed by atoms with Crippen molar-refractivity contribution in [2.75, 3.05) is 11.9 Å². The van der Waals surface area contributed by atoms with Crippen molar-refractivity contribution in [3.8, 4) is 5.75 Å². The number of pyridine rings is 1. The minimum Gasteiger partial charge on any atom is -0.482 e. The van der Waals surface area contributed by atoms with Gasteiger partial charge in [-0.05, 0) is 46.3 Å². The van der Waals surface area contributed by atoms with Crippen molar-refractivity contribution in [2.24, 2.45) is 0 Å². The van der Waals surface area contributed by atoms with Crippen molar-refractivity contribution in [3.05, 3.63) is 51.2 Å². The fraction of sp³-hybridized carbons (Fsp3) is 0.0769. The fourth-order valence-corrected chi connectivity index (χ4v) is 2.08. The summed E-state index contributed by atoms with van der Waals surface area (Å²) in [7, 11) is 0. The monoisotopic (exact) mass is 374 g/mol. The number of hydrogen-bond acceptors (Lipinski definition) is 3. The number of amides is 1. The molecule has 0 aliphatic heterocycles. The molecule has 1 aromatic carbocycles. The summed E-state index contributed by atoms with van der Waals surface area (Å²) in [6.45, 7) is -0.155. The van der Waals surface area contributed by atoms with E-state index in [4.69, 9.17) is 27.9 Å². The molecule has 0 unspecified atom stereocenters. The number of carbonyl (C=O) groups excluding carboxylic acids is 1.